The molecule has 1 aromatic heterocycles. The summed E-state index contributed by atoms with van der Waals surface area (Å²) < 4.78 is 26.5. The summed E-state index contributed by atoms with van der Waals surface area (Å²) in [4.78, 5) is 0.960. The first kappa shape index (κ1) is 13.7. The molecule has 96 valence electrons. The molecule has 2 rings (SSSR count). The minimum absolute atomic E-state index is 0.303. The first-order valence-electron chi connectivity index (χ1n) is 5.43. The van der Waals surface area contributed by atoms with Gasteiger partial charge >= 0.3 is 0 Å². The van der Waals surface area contributed by atoms with E-state index < -0.39 is 10.8 Å². The minimum atomic E-state index is -1.15. The van der Waals surface area contributed by atoms with Gasteiger partial charge in [0.15, 0.2) is 0 Å². The van der Waals surface area contributed by atoms with Gasteiger partial charge in [-0.15, -0.1) is 11.3 Å². The summed E-state index contributed by atoms with van der Waals surface area (Å²) in [7, 11) is -1.15. The van der Waals surface area contributed by atoms with Crippen LogP contribution >= 0.6 is 22.9 Å². The third kappa shape index (κ3) is 3.19. The molecule has 18 heavy (non-hydrogen) atoms. The molecule has 5 heteroatoms. The normalized spacial score (nSPS) is 14.4. The Balaban J connectivity index is 2.12. The van der Waals surface area contributed by atoms with Crippen LogP contribution in [0.5, 0.6) is 0 Å². The van der Waals surface area contributed by atoms with Crippen LogP contribution in [-0.2, 0) is 16.6 Å². The molecule has 0 aliphatic heterocycles. The Morgan fingerprint density at radius 3 is 2.67 bits per heavy atom. The third-order valence-electron chi connectivity index (χ3n) is 2.65. The van der Waals surface area contributed by atoms with Gasteiger partial charge in [0.05, 0.1) is 15.3 Å². The second-order valence-electron chi connectivity index (χ2n) is 3.89. The van der Waals surface area contributed by atoms with Gasteiger partial charge in [0.1, 0.15) is 5.82 Å². The lowest BCUT2D eigenvalue weighted by atomic mass is 10.1. The molecule has 1 nitrogen and oxygen atoms in total. The van der Waals surface area contributed by atoms with Crippen LogP contribution in [0.4, 0.5) is 4.39 Å². The van der Waals surface area contributed by atoms with E-state index in [1.807, 2.05) is 6.07 Å². The number of benzene rings is 1. The maximum Gasteiger partial charge on any atom is 0.127 e. The summed E-state index contributed by atoms with van der Waals surface area (Å²) >= 11 is 7.24. The monoisotopic (exact) mass is 302 g/mol. The summed E-state index contributed by atoms with van der Waals surface area (Å²) in [5, 5.41) is -0.327. The van der Waals surface area contributed by atoms with Gasteiger partial charge in [0, 0.05) is 21.2 Å². The first-order valence-corrected chi connectivity index (χ1v) is 8.01. The van der Waals surface area contributed by atoms with Crippen molar-refractivity contribution in [1.82, 2.24) is 0 Å². The molecule has 0 bridgehead atoms. The van der Waals surface area contributed by atoms with Gasteiger partial charge in [-0.05, 0) is 25.1 Å². The summed E-state index contributed by atoms with van der Waals surface area (Å²) in [6.45, 7) is 1.78. The molecule has 0 N–H and O–H groups in total. The predicted molar refractivity (Wildman–Crippen MR) is 76.0 cm³/mol. The Bertz CT molecular complexity index is 568. The number of halogens is 2. The number of hydrogen-bond acceptors (Lipinski definition) is 2. The average molecular weight is 303 g/mol. The summed E-state index contributed by atoms with van der Waals surface area (Å²) in [6, 6.07) is 10.1. The van der Waals surface area contributed by atoms with Crippen molar-refractivity contribution in [3.05, 3.63) is 57.0 Å². The van der Waals surface area contributed by atoms with E-state index in [1.165, 1.54) is 17.4 Å². The Labute approximate surface area is 117 Å². The van der Waals surface area contributed by atoms with Crippen LogP contribution in [0, 0.1) is 5.82 Å². The van der Waals surface area contributed by atoms with E-state index in [2.05, 4.69) is 0 Å². The zero-order chi connectivity index (χ0) is 13.1. The van der Waals surface area contributed by atoms with Gasteiger partial charge in [-0.1, -0.05) is 29.8 Å². The SMILES string of the molecule is C[C@@H](c1ccccc1F)[S@](=O)Cc1ccc(Cl)s1. The maximum absolute atomic E-state index is 13.6. The third-order valence-corrected chi connectivity index (χ3v) is 5.70. The highest BCUT2D eigenvalue weighted by atomic mass is 35.5. The van der Waals surface area contributed by atoms with Crippen molar-refractivity contribution in [3.8, 4) is 0 Å². The molecule has 1 aromatic carbocycles. The highest BCUT2D eigenvalue weighted by Crippen LogP contribution is 2.28. The molecule has 0 saturated carbocycles. The molecule has 0 radical (unpaired) electrons. The second-order valence-corrected chi connectivity index (χ2v) is 7.45. The van der Waals surface area contributed by atoms with Crippen molar-refractivity contribution >= 4 is 33.7 Å². The lowest BCUT2D eigenvalue weighted by Crippen LogP contribution is -2.06. The van der Waals surface area contributed by atoms with E-state index in [1.54, 1.807) is 31.2 Å². The van der Waals surface area contributed by atoms with Gasteiger partial charge in [0.2, 0.25) is 0 Å². The first-order chi connectivity index (χ1) is 8.58. The Hall–Kier alpha value is -0.710. The molecule has 2 aromatic rings. The fourth-order valence-electron chi connectivity index (χ4n) is 1.64. The van der Waals surface area contributed by atoms with Crippen LogP contribution in [0.15, 0.2) is 36.4 Å². The van der Waals surface area contributed by atoms with Crippen LogP contribution in [0.2, 0.25) is 4.34 Å². The zero-order valence-electron chi connectivity index (χ0n) is 9.73. The Morgan fingerprint density at radius 2 is 2.06 bits per heavy atom. The molecular weight excluding hydrogens is 291 g/mol. The Morgan fingerprint density at radius 1 is 1.33 bits per heavy atom. The summed E-state index contributed by atoms with van der Waals surface area (Å²) in [6.07, 6.45) is 0. The largest absolute Gasteiger partial charge is 0.259 e. The molecule has 0 fully saturated rings. The predicted octanol–water partition coefficient (Wildman–Crippen LogP) is 4.55. The lowest BCUT2D eigenvalue weighted by molar-refractivity contribution is 0.606. The molecule has 0 aliphatic rings. The molecule has 0 aliphatic carbocycles. The van der Waals surface area contributed by atoms with E-state index in [0.717, 1.165) is 4.88 Å². The van der Waals surface area contributed by atoms with Crippen molar-refractivity contribution in [2.75, 3.05) is 0 Å². The van der Waals surface area contributed by atoms with Crippen LogP contribution in [0.3, 0.4) is 0 Å². The number of rotatable bonds is 4. The van der Waals surface area contributed by atoms with E-state index >= 15 is 0 Å². The second kappa shape index (κ2) is 5.95. The van der Waals surface area contributed by atoms with Crippen molar-refractivity contribution < 1.29 is 8.60 Å². The lowest BCUT2D eigenvalue weighted by Gasteiger charge is -2.11. The Kier molecular flexibility index (Phi) is 4.54. The smallest absolute Gasteiger partial charge is 0.127 e. The van der Waals surface area contributed by atoms with E-state index in [4.69, 9.17) is 11.6 Å². The standard InChI is InChI=1S/C13H12ClFOS2/c1-9(11-4-2-3-5-12(11)15)18(16)8-10-6-7-13(14)17-10/h2-7,9H,8H2,1H3/t9-,18+/m0/s1. The van der Waals surface area contributed by atoms with Gasteiger partial charge in [-0.2, -0.15) is 0 Å². The molecule has 0 spiro atoms. The van der Waals surface area contributed by atoms with Gasteiger partial charge < -0.3 is 0 Å². The van der Waals surface area contributed by atoms with Crippen LogP contribution in [0.1, 0.15) is 22.6 Å². The van der Waals surface area contributed by atoms with Crippen molar-refractivity contribution in [1.29, 1.82) is 0 Å². The fraction of sp³-hybridized carbons (Fsp3) is 0.231. The van der Waals surface area contributed by atoms with E-state index in [-0.39, 0.29) is 11.1 Å². The van der Waals surface area contributed by atoms with E-state index in [9.17, 15) is 8.60 Å². The molecule has 0 saturated heterocycles. The quantitative estimate of drug-likeness (QED) is 0.809. The highest BCUT2D eigenvalue weighted by molar-refractivity contribution is 7.84. The van der Waals surface area contributed by atoms with Crippen LogP contribution in [0.25, 0.3) is 0 Å². The topological polar surface area (TPSA) is 17.1 Å². The highest BCUT2D eigenvalue weighted by Gasteiger charge is 2.17. The fourth-order valence-corrected chi connectivity index (χ4v) is 4.21. The average Bonchev–Trinajstić information content (AvgIpc) is 2.74. The van der Waals surface area contributed by atoms with Gasteiger partial charge in [0.25, 0.3) is 0 Å². The summed E-state index contributed by atoms with van der Waals surface area (Å²) in [5.41, 5.74) is 0.499. The van der Waals surface area contributed by atoms with Gasteiger partial charge in [-0.3, -0.25) is 4.21 Å². The van der Waals surface area contributed by atoms with Crippen molar-refractivity contribution in [2.45, 2.75) is 17.9 Å². The van der Waals surface area contributed by atoms with Gasteiger partial charge in [-0.25, -0.2) is 4.39 Å². The zero-order valence-corrected chi connectivity index (χ0v) is 12.1. The molecule has 0 unspecified atom stereocenters. The molecular formula is C13H12ClFOS2. The number of hydrogen-bond donors (Lipinski definition) is 0. The maximum atomic E-state index is 13.6. The molecule has 2 atom stereocenters. The molecule has 1 heterocycles. The minimum Gasteiger partial charge on any atom is -0.259 e. The number of thiophene rings is 1. The molecule has 0 amide bonds. The van der Waals surface area contributed by atoms with Crippen molar-refractivity contribution in [3.63, 3.8) is 0 Å². The van der Waals surface area contributed by atoms with Crippen LogP contribution < -0.4 is 0 Å². The van der Waals surface area contributed by atoms with Crippen molar-refractivity contribution in [2.24, 2.45) is 0 Å². The van der Waals surface area contributed by atoms with E-state index in [0.29, 0.717) is 15.7 Å². The van der Waals surface area contributed by atoms with Crippen LogP contribution in [-0.4, -0.2) is 4.21 Å². The summed E-state index contributed by atoms with van der Waals surface area (Å²) in [5.74, 6) is 0.106.